The molecule has 4 nitrogen and oxygen atoms in total. The summed E-state index contributed by atoms with van der Waals surface area (Å²) in [4.78, 5) is 28.5. The van der Waals surface area contributed by atoms with Gasteiger partial charge in [-0.1, -0.05) is 35.3 Å². The van der Waals surface area contributed by atoms with E-state index in [1.54, 1.807) is 28.0 Å². The van der Waals surface area contributed by atoms with Crippen molar-refractivity contribution in [3.8, 4) is 0 Å². The summed E-state index contributed by atoms with van der Waals surface area (Å²) in [6.45, 7) is 4.01. The normalized spacial score (nSPS) is 12.7. The van der Waals surface area contributed by atoms with Gasteiger partial charge in [-0.15, -0.1) is 0 Å². The largest absolute Gasteiger partial charge is 0.308 e. The van der Waals surface area contributed by atoms with Gasteiger partial charge in [0.15, 0.2) is 0 Å². The van der Waals surface area contributed by atoms with Crippen LogP contribution in [0.5, 0.6) is 0 Å². The first-order chi connectivity index (χ1) is 12.9. The summed E-state index contributed by atoms with van der Waals surface area (Å²) in [7, 11) is 0. The molecular formula is C21H16Cl2N2O2. The fraction of sp³-hybridized carbons (Fsp3) is 0.143. The van der Waals surface area contributed by atoms with Gasteiger partial charge < -0.3 is 4.90 Å². The molecule has 4 rings (SSSR count). The molecule has 1 aliphatic rings. The first-order valence-corrected chi connectivity index (χ1v) is 9.33. The minimum Gasteiger partial charge on any atom is -0.308 e. The Morgan fingerprint density at radius 3 is 2.48 bits per heavy atom. The van der Waals surface area contributed by atoms with Gasteiger partial charge in [0.25, 0.3) is 5.91 Å². The van der Waals surface area contributed by atoms with Crippen LogP contribution in [-0.2, 0) is 4.79 Å². The third kappa shape index (κ3) is 2.68. The number of carbonyl (C=O) groups is 2. The van der Waals surface area contributed by atoms with Crippen molar-refractivity contribution in [2.75, 3.05) is 16.3 Å². The van der Waals surface area contributed by atoms with Crippen LogP contribution >= 0.6 is 23.2 Å². The molecule has 0 saturated heterocycles. The quantitative estimate of drug-likeness (QED) is 0.558. The van der Waals surface area contributed by atoms with Crippen LogP contribution < -0.4 is 9.80 Å². The Kier molecular flexibility index (Phi) is 4.33. The maximum absolute atomic E-state index is 12.7. The Morgan fingerprint density at radius 1 is 1.07 bits per heavy atom. The van der Waals surface area contributed by atoms with Crippen molar-refractivity contribution in [2.24, 2.45) is 0 Å². The van der Waals surface area contributed by atoms with Crippen molar-refractivity contribution in [3.05, 3.63) is 64.1 Å². The van der Waals surface area contributed by atoms with Crippen molar-refractivity contribution in [1.29, 1.82) is 0 Å². The first kappa shape index (κ1) is 17.8. The molecule has 0 aliphatic carbocycles. The number of anilines is 3. The fourth-order valence-corrected chi connectivity index (χ4v) is 4.16. The SMILES string of the molecule is CCN1C(=O)c2cccc3c(N(C(C)=O)c4ccc(Cl)cc4Cl)ccc1c23. The van der Waals surface area contributed by atoms with E-state index in [-0.39, 0.29) is 11.8 Å². The second-order valence-electron chi connectivity index (χ2n) is 6.33. The molecule has 0 spiro atoms. The Bertz CT molecular complexity index is 1110. The summed E-state index contributed by atoms with van der Waals surface area (Å²) < 4.78 is 0. The molecule has 6 heteroatoms. The van der Waals surface area contributed by atoms with Crippen LogP contribution in [0, 0.1) is 0 Å². The lowest BCUT2D eigenvalue weighted by atomic mass is 10.0. The van der Waals surface area contributed by atoms with Crippen molar-refractivity contribution in [2.45, 2.75) is 13.8 Å². The number of amides is 2. The van der Waals surface area contributed by atoms with Gasteiger partial charge in [0.2, 0.25) is 5.91 Å². The molecule has 0 fully saturated rings. The van der Waals surface area contributed by atoms with Crippen molar-refractivity contribution >= 4 is 62.9 Å². The van der Waals surface area contributed by atoms with Crippen LogP contribution in [0.2, 0.25) is 10.0 Å². The molecule has 0 atom stereocenters. The Morgan fingerprint density at radius 2 is 1.81 bits per heavy atom. The van der Waals surface area contributed by atoms with Gasteiger partial charge in [-0.2, -0.15) is 0 Å². The highest BCUT2D eigenvalue weighted by Gasteiger charge is 2.31. The molecule has 0 unspecified atom stereocenters. The summed E-state index contributed by atoms with van der Waals surface area (Å²) in [5, 5.41) is 2.57. The molecule has 0 radical (unpaired) electrons. The first-order valence-electron chi connectivity index (χ1n) is 8.57. The van der Waals surface area contributed by atoms with Crippen molar-refractivity contribution < 1.29 is 9.59 Å². The van der Waals surface area contributed by atoms with Gasteiger partial charge in [0, 0.05) is 34.8 Å². The van der Waals surface area contributed by atoms with Gasteiger partial charge in [0.1, 0.15) is 0 Å². The van der Waals surface area contributed by atoms with E-state index >= 15 is 0 Å². The van der Waals surface area contributed by atoms with Gasteiger partial charge in [-0.3, -0.25) is 14.5 Å². The molecule has 2 amide bonds. The zero-order valence-corrected chi connectivity index (χ0v) is 16.3. The number of hydrogen-bond acceptors (Lipinski definition) is 2. The number of carbonyl (C=O) groups excluding carboxylic acids is 2. The predicted octanol–water partition coefficient (Wildman–Crippen LogP) is 5.81. The Balaban J connectivity index is 2.00. The van der Waals surface area contributed by atoms with Gasteiger partial charge >= 0.3 is 0 Å². The van der Waals surface area contributed by atoms with E-state index in [0.717, 1.165) is 16.5 Å². The third-order valence-corrected chi connectivity index (χ3v) is 5.32. The van der Waals surface area contributed by atoms with Crippen LogP contribution in [0.4, 0.5) is 17.1 Å². The molecule has 1 heterocycles. The molecule has 3 aromatic rings. The molecule has 0 saturated carbocycles. The molecule has 27 heavy (non-hydrogen) atoms. The fourth-order valence-electron chi connectivity index (χ4n) is 3.67. The zero-order chi connectivity index (χ0) is 19.3. The molecular weight excluding hydrogens is 383 g/mol. The van der Waals surface area contributed by atoms with Gasteiger partial charge in [0.05, 0.1) is 22.1 Å². The second-order valence-corrected chi connectivity index (χ2v) is 7.18. The van der Waals surface area contributed by atoms with E-state index in [1.165, 1.54) is 6.92 Å². The van der Waals surface area contributed by atoms with Crippen molar-refractivity contribution in [1.82, 2.24) is 0 Å². The predicted molar refractivity (Wildman–Crippen MR) is 111 cm³/mol. The molecule has 0 aromatic heterocycles. The van der Waals surface area contributed by atoms with Crippen LogP contribution in [0.25, 0.3) is 10.8 Å². The van der Waals surface area contributed by atoms with Crippen molar-refractivity contribution in [3.63, 3.8) is 0 Å². The van der Waals surface area contributed by atoms with Crippen LogP contribution in [0.3, 0.4) is 0 Å². The summed E-state index contributed by atoms with van der Waals surface area (Å²) in [6, 6.07) is 14.3. The minimum absolute atomic E-state index is 0.0193. The maximum Gasteiger partial charge on any atom is 0.258 e. The number of nitrogens with zero attached hydrogens (tertiary/aromatic N) is 2. The van der Waals surface area contributed by atoms with Crippen LogP contribution in [0.15, 0.2) is 48.5 Å². The second kappa shape index (κ2) is 6.55. The summed E-state index contributed by atoms with van der Waals surface area (Å²) >= 11 is 12.4. The van der Waals surface area contributed by atoms with Crippen LogP contribution in [-0.4, -0.2) is 18.4 Å². The average molecular weight is 399 g/mol. The van der Waals surface area contributed by atoms with E-state index in [9.17, 15) is 9.59 Å². The summed E-state index contributed by atoms with van der Waals surface area (Å²) in [5.74, 6) is -0.203. The lowest BCUT2D eigenvalue weighted by Crippen LogP contribution is -2.26. The van der Waals surface area contributed by atoms with E-state index in [4.69, 9.17) is 23.2 Å². The minimum atomic E-state index is -0.184. The monoisotopic (exact) mass is 398 g/mol. The smallest absolute Gasteiger partial charge is 0.258 e. The van der Waals surface area contributed by atoms with E-state index in [1.807, 2.05) is 37.3 Å². The molecule has 1 aliphatic heterocycles. The lowest BCUT2D eigenvalue weighted by Gasteiger charge is -2.25. The summed E-state index contributed by atoms with van der Waals surface area (Å²) in [6.07, 6.45) is 0. The highest BCUT2D eigenvalue weighted by Crippen LogP contribution is 2.44. The average Bonchev–Trinajstić information content (AvgIpc) is 2.92. The maximum atomic E-state index is 12.7. The van der Waals surface area contributed by atoms with Gasteiger partial charge in [-0.25, -0.2) is 0 Å². The molecule has 3 aromatic carbocycles. The number of halogens is 2. The van der Waals surface area contributed by atoms with Crippen LogP contribution in [0.1, 0.15) is 24.2 Å². The lowest BCUT2D eigenvalue weighted by molar-refractivity contribution is -0.115. The number of hydrogen-bond donors (Lipinski definition) is 0. The summed E-state index contributed by atoms with van der Waals surface area (Å²) in [5.41, 5.74) is 2.74. The Labute approximate surface area is 166 Å². The zero-order valence-electron chi connectivity index (χ0n) is 14.8. The van der Waals surface area contributed by atoms with E-state index in [0.29, 0.717) is 33.5 Å². The topological polar surface area (TPSA) is 40.6 Å². The Hall–Kier alpha value is -2.56. The van der Waals surface area contributed by atoms with E-state index in [2.05, 4.69) is 0 Å². The molecule has 136 valence electrons. The third-order valence-electron chi connectivity index (χ3n) is 4.78. The number of benzene rings is 3. The molecule has 0 N–H and O–H groups in total. The van der Waals surface area contributed by atoms with Gasteiger partial charge in [-0.05, 0) is 43.3 Å². The number of rotatable bonds is 3. The highest BCUT2D eigenvalue weighted by atomic mass is 35.5. The highest BCUT2D eigenvalue weighted by molar-refractivity contribution is 6.37. The van der Waals surface area contributed by atoms with E-state index < -0.39 is 0 Å². The standard InChI is InChI=1S/C21H16Cl2N2O2/c1-3-24-19-10-9-17(14-5-4-6-15(20(14)19)21(24)27)25(12(2)26)18-8-7-13(22)11-16(18)23/h4-11H,3H2,1-2H3. The molecule has 0 bridgehead atoms.